The maximum atomic E-state index is 11.0. The van der Waals surface area contributed by atoms with Crippen LogP contribution in [0.2, 0.25) is 0 Å². The Morgan fingerprint density at radius 3 is 2.64 bits per heavy atom. The van der Waals surface area contributed by atoms with Crippen molar-refractivity contribution >= 4 is 5.91 Å². The zero-order chi connectivity index (χ0) is 10.8. The number of hydrogen-bond acceptors (Lipinski definition) is 2. The minimum atomic E-state index is -0.972. The van der Waals surface area contributed by atoms with Crippen LogP contribution in [0.1, 0.15) is 26.7 Å². The van der Waals surface area contributed by atoms with Gasteiger partial charge < -0.3 is 11.5 Å². The molecule has 0 aromatic heterocycles. The number of hydrogen-bond donors (Lipinski definition) is 2. The molecule has 0 radical (unpaired) electrons. The smallest absolute Gasteiger partial charge is 0.241 e. The van der Waals surface area contributed by atoms with Crippen LogP contribution in [0, 0.1) is 5.92 Å². The second-order valence-electron chi connectivity index (χ2n) is 4.32. The molecule has 0 fully saturated rings. The molecular formula is C11H18N2O. The molecular weight excluding hydrogens is 176 g/mol. The monoisotopic (exact) mass is 194 g/mol. The van der Waals surface area contributed by atoms with E-state index in [4.69, 9.17) is 11.5 Å². The summed E-state index contributed by atoms with van der Waals surface area (Å²) in [6.07, 6.45) is 7.16. The predicted octanol–water partition coefficient (Wildman–Crippen LogP) is 1.10. The lowest BCUT2D eigenvalue weighted by Gasteiger charge is -2.24. The van der Waals surface area contributed by atoms with Crippen LogP contribution < -0.4 is 11.5 Å². The van der Waals surface area contributed by atoms with Crippen LogP contribution in [0.5, 0.6) is 0 Å². The molecule has 3 heteroatoms. The third kappa shape index (κ3) is 2.45. The standard InChI is InChI=1S/C11H18N2O/c1-8(2)7-9-3-5-11(13,6-4-9)10(12)14/h3-5,8H,6-7,13H2,1-2H3,(H2,12,14). The number of carbonyl (C=O) groups excluding carboxylic acids is 1. The molecule has 1 aliphatic rings. The van der Waals surface area contributed by atoms with Gasteiger partial charge in [0.25, 0.3) is 0 Å². The van der Waals surface area contributed by atoms with E-state index >= 15 is 0 Å². The van der Waals surface area contributed by atoms with Crippen molar-refractivity contribution in [2.75, 3.05) is 0 Å². The summed E-state index contributed by atoms with van der Waals surface area (Å²) < 4.78 is 0. The number of allylic oxidation sites excluding steroid dienone is 2. The summed E-state index contributed by atoms with van der Waals surface area (Å²) in [4.78, 5) is 11.0. The van der Waals surface area contributed by atoms with Crippen LogP contribution in [-0.4, -0.2) is 11.4 Å². The van der Waals surface area contributed by atoms with Crippen LogP contribution in [0.25, 0.3) is 0 Å². The second-order valence-corrected chi connectivity index (χ2v) is 4.32. The Kier molecular flexibility index (Phi) is 3.11. The van der Waals surface area contributed by atoms with Crippen molar-refractivity contribution in [1.29, 1.82) is 0 Å². The van der Waals surface area contributed by atoms with E-state index in [1.165, 1.54) is 5.57 Å². The van der Waals surface area contributed by atoms with Gasteiger partial charge in [-0.3, -0.25) is 4.79 Å². The highest BCUT2D eigenvalue weighted by atomic mass is 16.1. The molecule has 0 bridgehead atoms. The lowest BCUT2D eigenvalue weighted by Crippen LogP contribution is -2.50. The normalized spacial score (nSPS) is 26.4. The summed E-state index contributed by atoms with van der Waals surface area (Å²) in [5.74, 6) is 0.151. The SMILES string of the molecule is CC(C)CC1=CCC(N)(C(N)=O)C=C1. The van der Waals surface area contributed by atoms with Crippen LogP contribution >= 0.6 is 0 Å². The molecule has 0 aromatic rings. The van der Waals surface area contributed by atoms with Gasteiger partial charge in [0.2, 0.25) is 5.91 Å². The highest BCUT2D eigenvalue weighted by Gasteiger charge is 2.29. The first-order chi connectivity index (χ1) is 6.44. The van der Waals surface area contributed by atoms with Crippen molar-refractivity contribution in [2.24, 2.45) is 17.4 Å². The topological polar surface area (TPSA) is 69.1 Å². The molecule has 0 saturated carbocycles. The first-order valence-corrected chi connectivity index (χ1v) is 4.91. The van der Waals surface area contributed by atoms with E-state index in [0.29, 0.717) is 12.3 Å². The molecule has 0 heterocycles. The van der Waals surface area contributed by atoms with E-state index in [-0.39, 0.29) is 0 Å². The van der Waals surface area contributed by atoms with E-state index in [2.05, 4.69) is 13.8 Å². The van der Waals surface area contributed by atoms with Gasteiger partial charge in [-0.05, 0) is 18.8 Å². The van der Waals surface area contributed by atoms with Crippen LogP contribution in [-0.2, 0) is 4.79 Å². The molecule has 78 valence electrons. The Hall–Kier alpha value is -1.09. The van der Waals surface area contributed by atoms with Crippen LogP contribution in [0.3, 0.4) is 0 Å². The predicted molar refractivity (Wildman–Crippen MR) is 57.4 cm³/mol. The van der Waals surface area contributed by atoms with Crippen molar-refractivity contribution in [3.8, 4) is 0 Å². The largest absolute Gasteiger partial charge is 0.368 e. The minimum absolute atomic E-state index is 0.464. The zero-order valence-corrected chi connectivity index (χ0v) is 8.79. The van der Waals surface area contributed by atoms with Crippen molar-refractivity contribution in [1.82, 2.24) is 0 Å². The van der Waals surface area contributed by atoms with Gasteiger partial charge in [-0.1, -0.05) is 37.6 Å². The van der Waals surface area contributed by atoms with Crippen molar-refractivity contribution in [2.45, 2.75) is 32.2 Å². The van der Waals surface area contributed by atoms with E-state index in [9.17, 15) is 4.79 Å². The van der Waals surface area contributed by atoms with Gasteiger partial charge in [0.05, 0.1) is 0 Å². The average Bonchev–Trinajstić information content (AvgIpc) is 2.08. The number of amides is 1. The lowest BCUT2D eigenvalue weighted by molar-refractivity contribution is -0.121. The van der Waals surface area contributed by atoms with E-state index in [1.807, 2.05) is 12.2 Å². The van der Waals surface area contributed by atoms with Crippen LogP contribution in [0.4, 0.5) is 0 Å². The van der Waals surface area contributed by atoms with Crippen molar-refractivity contribution < 1.29 is 4.79 Å². The number of nitrogens with two attached hydrogens (primary N) is 2. The summed E-state index contributed by atoms with van der Waals surface area (Å²) in [5, 5.41) is 0. The maximum Gasteiger partial charge on any atom is 0.241 e. The zero-order valence-electron chi connectivity index (χ0n) is 8.79. The summed E-state index contributed by atoms with van der Waals surface area (Å²) in [6.45, 7) is 4.32. The van der Waals surface area contributed by atoms with Gasteiger partial charge in [-0.2, -0.15) is 0 Å². The number of rotatable bonds is 3. The van der Waals surface area contributed by atoms with E-state index in [0.717, 1.165) is 6.42 Å². The second kappa shape index (κ2) is 3.96. The molecule has 0 aliphatic heterocycles. The van der Waals surface area contributed by atoms with Gasteiger partial charge in [-0.25, -0.2) is 0 Å². The first kappa shape index (κ1) is 11.0. The first-order valence-electron chi connectivity index (χ1n) is 4.91. The Morgan fingerprint density at radius 1 is 1.64 bits per heavy atom. The van der Waals surface area contributed by atoms with Gasteiger partial charge in [0, 0.05) is 0 Å². The summed E-state index contributed by atoms with van der Waals surface area (Å²) in [7, 11) is 0. The number of carbonyl (C=O) groups is 1. The molecule has 4 N–H and O–H groups in total. The molecule has 1 aliphatic carbocycles. The Morgan fingerprint density at radius 2 is 2.29 bits per heavy atom. The molecule has 1 amide bonds. The summed E-state index contributed by atoms with van der Waals surface area (Å²) in [6, 6.07) is 0. The Bertz CT molecular complexity index is 292. The maximum absolute atomic E-state index is 11.0. The van der Waals surface area contributed by atoms with Gasteiger partial charge in [0.1, 0.15) is 5.54 Å². The van der Waals surface area contributed by atoms with E-state index < -0.39 is 11.4 Å². The average molecular weight is 194 g/mol. The van der Waals surface area contributed by atoms with Gasteiger partial charge in [-0.15, -0.1) is 0 Å². The molecule has 14 heavy (non-hydrogen) atoms. The fraction of sp³-hybridized carbons (Fsp3) is 0.545. The summed E-state index contributed by atoms with van der Waals surface area (Å²) in [5.41, 5.74) is 11.3. The summed E-state index contributed by atoms with van der Waals surface area (Å²) >= 11 is 0. The third-order valence-corrected chi connectivity index (χ3v) is 2.40. The molecule has 3 nitrogen and oxygen atoms in total. The van der Waals surface area contributed by atoms with E-state index in [1.54, 1.807) is 6.08 Å². The fourth-order valence-electron chi connectivity index (χ4n) is 1.50. The lowest BCUT2D eigenvalue weighted by atomic mass is 9.87. The molecule has 0 aromatic carbocycles. The van der Waals surface area contributed by atoms with Gasteiger partial charge in [0.15, 0.2) is 0 Å². The van der Waals surface area contributed by atoms with Crippen LogP contribution in [0.15, 0.2) is 23.8 Å². The molecule has 0 spiro atoms. The van der Waals surface area contributed by atoms with Crippen molar-refractivity contribution in [3.05, 3.63) is 23.8 Å². The molecule has 0 saturated heterocycles. The number of primary amides is 1. The highest BCUT2D eigenvalue weighted by molar-refractivity contribution is 5.87. The molecule has 1 unspecified atom stereocenters. The quantitative estimate of drug-likeness (QED) is 0.706. The molecule has 1 atom stereocenters. The minimum Gasteiger partial charge on any atom is -0.368 e. The Balaban J connectivity index is 2.66. The fourth-order valence-corrected chi connectivity index (χ4v) is 1.50. The van der Waals surface area contributed by atoms with Crippen molar-refractivity contribution in [3.63, 3.8) is 0 Å². The Labute approximate surface area is 84.8 Å². The van der Waals surface area contributed by atoms with Gasteiger partial charge >= 0.3 is 0 Å². The molecule has 1 rings (SSSR count). The third-order valence-electron chi connectivity index (χ3n) is 2.40. The highest BCUT2D eigenvalue weighted by Crippen LogP contribution is 2.22.